The maximum absolute atomic E-state index is 12.1. The van der Waals surface area contributed by atoms with Crippen LogP contribution in [0, 0.1) is 11.3 Å². The lowest BCUT2D eigenvalue weighted by Crippen LogP contribution is -2.20. The van der Waals surface area contributed by atoms with Gasteiger partial charge in [0, 0.05) is 18.4 Å². The average Bonchev–Trinajstić information content (AvgIpc) is 2.88. The number of hydrazone groups is 1. The summed E-state index contributed by atoms with van der Waals surface area (Å²) in [5.41, 5.74) is 4.91. The molecule has 3 rings (SSSR count). The second kappa shape index (κ2) is 13.5. The van der Waals surface area contributed by atoms with E-state index in [1.165, 1.54) is 6.21 Å². The van der Waals surface area contributed by atoms with Gasteiger partial charge in [0.25, 0.3) is 0 Å². The highest BCUT2D eigenvalue weighted by molar-refractivity contribution is 6.33. The number of carbonyl (C=O) groups excluding carboxylic acids is 2. The van der Waals surface area contributed by atoms with Crippen LogP contribution in [0.1, 0.15) is 36.5 Å². The molecule has 0 aliphatic carbocycles. The lowest BCUT2D eigenvalue weighted by molar-refractivity contribution is -0.124. The summed E-state index contributed by atoms with van der Waals surface area (Å²) in [6, 6.07) is 21.5. The lowest BCUT2D eigenvalue weighted by atomic mass is 10.1. The number of hydrogen-bond acceptors (Lipinski definition) is 6. The van der Waals surface area contributed by atoms with Gasteiger partial charge in [0.1, 0.15) is 6.61 Å². The van der Waals surface area contributed by atoms with Gasteiger partial charge in [-0.3, -0.25) is 9.59 Å². The quantitative estimate of drug-likeness (QED) is 0.280. The van der Waals surface area contributed by atoms with Crippen molar-refractivity contribution in [3.63, 3.8) is 0 Å². The fourth-order valence-electron chi connectivity index (χ4n) is 3.14. The summed E-state index contributed by atoms with van der Waals surface area (Å²) < 4.78 is 11.6. The van der Waals surface area contributed by atoms with E-state index in [0.29, 0.717) is 39.9 Å². The Labute approximate surface area is 214 Å². The van der Waals surface area contributed by atoms with Crippen LogP contribution < -0.4 is 20.2 Å². The molecule has 0 aromatic heterocycles. The van der Waals surface area contributed by atoms with Crippen LogP contribution in [0.15, 0.2) is 71.8 Å². The molecule has 2 amide bonds. The molecule has 36 heavy (non-hydrogen) atoms. The molecule has 0 saturated heterocycles. The molecular weight excluding hydrogens is 480 g/mol. The van der Waals surface area contributed by atoms with E-state index in [2.05, 4.69) is 21.9 Å². The number of carbonyl (C=O) groups is 2. The molecule has 3 aromatic rings. The van der Waals surface area contributed by atoms with E-state index in [1.54, 1.807) is 54.6 Å². The second-order valence-electron chi connectivity index (χ2n) is 7.52. The number of benzene rings is 3. The van der Waals surface area contributed by atoms with E-state index in [4.69, 9.17) is 21.1 Å². The van der Waals surface area contributed by atoms with Gasteiger partial charge in [-0.2, -0.15) is 10.4 Å². The molecule has 0 spiro atoms. The van der Waals surface area contributed by atoms with Crippen LogP contribution >= 0.6 is 11.6 Å². The zero-order valence-corrected chi connectivity index (χ0v) is 20.4. The Hall–Kier alpha value is -4.35. The van der Waals surface area contributed by atoms with Crippen molar-refractivity contribution in [3.05, 3.63) is 88.4 Å². The fourth-order valence-corrected chi connectivity index (χ4v) is 3.32. The van der Waals surface area contributed by atoms with Gasteiger partial charge < -0.3 is 14.8 Å². The summed E-state index contributed by atoms with van der Waals surface area (Å²) in [5, 5.41) is 16.3. The van der Waals surface area contributed by atoms with Gasteiger partial charge in [-0.25, -0.2) is 5.43 Å². The number of nitrogens with one attached hydrogen (secondary N) is 2. The Morgan fingerprint density at radius 1 is 1.00 bits per heavy atom. The SMILES string of the molecule is CCOc1cc(C=NNC(=O)CCC(=O)Nc2ccccc2Cl)ccc1OCc1ccccc1C#N. The van der Waals surface area contributed by atoms with Crippen molar-refractivity contribution in [3.8, 4) is 17.6 Å². The molecule has 0 unspecified atom stereocenters. The predicted molar refractivity (Wildman–Crippen MR) is 138 cm³/mol. The zero-order chi connectivity index (χ0) is 25.8. The first-order valence-corrected chi connectivity index (χ1v) is 11.6. The Balaban J connectivity index is 1.52. The molecule has 0 heterocycles. The monoisotopic (exact) mass is 504 g/mol. The first-order chi connectivity index (χ1) is 17.5. The van der Waals surface area contributed by atoms with E-state index in [0.717, 1.165) is 5.56 Å². The third-order valence-corrected chi connectivity index (χ3v) is 5.25. The first kappa shape index (κ1) is 26.3. The van der Waals surface area contributed by atoms with Crippen LogP contribution in [0.4, 0.5) is 5.69 Å². The summed E-state index contributed by atoms with van der Waals surface area (Å²) >= 11 is 6.01. The minimum absolute atomic E-state index is 0.0119. The first-order valence-electron chi connectivity index (χ1n) is 11.2. The summed E-state index contributed by atoms with van der Waals surface area (Å²) in [4.78, 5) is 24.1. The number of anilines is 1. The lowest BCUT2D eigenvalue weighted by Gasteiger charge is -2.13. The Morgan fingerprint density at radius 3 is 2.53 bits per heavy atom. The minimum atomic E-state index is -0.401. The van der Waals surface area contributed by atoms with E-state index >= 15 is 0 Å². The number of hydrogen-bond donors (Lipinski definition) is 2. The molecule has 3 aromatic carbocycles. The smallest absolute Gasteiger partial charge is 0.240 e. The molecule has 2 N–H and O–H groups in total. The van der Waals surface area contributed by atoms with Crippen molar-refractivity contribution in [2.45, 2.75) is 26.4 Å². The number of nitriles is 1. The van der Waals surface area contributed by atoms with E-state index < -0.39 is 5.91 Å². The second-order valence-corrected chi connectivity index (χ2v) is 7.93. The minimum Gasteiger partial charge on any atom is -0.490 e. The van der Waals surface area contributed by atoms with Crippen molar-refractivity contribution in [1.82, 2.24) is 5.43 Å². The van der Waals surface area contributed by atoms with E-state index in [-0.39, 0.29) is 25.4 Å². The van der Waals surface area contributed by atoms with E-state index in [1.807, 2.05) is 19.1 Å². The average molecular weight is 505 g/mol. The molecule has 8 nitrogen and oxygen atoms in total. The van der Waals surface area contributed by atoms with Crippen molar-refractivity contribution >= 4 is 35.3 Å². The van der Waals surface area contributed by atoms with Crippen molar-refractivity contribution in [2.75, 3.05) is 11.9 Å². The van der Waals surface area contributed by atoms with Gasteiger partial charge >= 0.3 is 0 Å². The third-order valence-electron chi connectivity index (χ3n) is 4.92. The maximum Gasteiger partial charge on any atom is 0.240 e. The standard InChI is InChI=1S/C27H25ClN4O4/c1-2-35-25-15-19(11-12-24(25)36-18-21-8-4-3-7-20(21)16-29)17-30-32-27(34)14-13-26(33)31-23-10-6-5-9-22(23)28/h3-12,15,17H,2,13-14,18H2,1H3,(H,31,33)(H,32,34). The van der Waals surface area contributed by atoms with Gasteiger partial charge in [0.2, 0.25) is 11.8 Å². The van der Waals surface area contributed by atoms with Crippen molar-refractivity contribution in [2.24, 2.45) is 5.10 Å². The summed E-state index contributed by atoms with van der Waals surface area (Å²) in [6.45, 7) is 2.51. The Kier molecular flexibility index (Phi) is 9.86. The van der Waals surface area contributed by atoms with Crippen LogP contribution in [-0.2, 0) is 16.2 Å². The topological polar surface area (TPSA) is 113 Å². The van der Waals surface area contributed by atoms with Gasteiger partial charge in [-0.1, -0.05) is 41.9 Å². The molecule has 184 valence electrons. The zero-order valence-electron chi connectivity index (χ0n) is 19.7. The van der Waals surface area contributed by atoms with Crippen molar-refractivity contribution < 1.29 is 19.1 Å². The van der Waals surface area contributed by atoms with Crippen LogP contribution in [0.3, 0.4) is 0 Å². The fraction of sp³-hybridized carbons (Fsp3) is 0.185. The maximum atomic E-state index is 12.1. The largest absolute Gasteiger partial charge is 0.490 e. The number of amides is 2. The Bertz CT molecular complexity index is 1290. The molecule has 0 aliphatic rings. The molecule has 9 heteroatoms. The number of halogens is 1. The Morgan fingerprint density at radius 2 is 1.75 bits per heavy atom. The summed E-state index contributed by atoms with van der Waals surface area (Å²) in [6.07, 6.45) is 1.43. The van der Waals surface area contributed by atoms with Crippen LogP contribution in [0.5, 0.6) is 11.5 Å². The highest BCUT2D eigenvalue weighted by Gasteiger charge is 2.10. The van der Waals surface area contributed by atoms with Gasteiger partial charge in [0.15, 0.2) is 11.5 Å². The molecule has 0 bridgehead atoms. The molecule has 0 radical (unpaired) electrons. The number of rotatable bonds is 11. The third kappa shape index (κ3) is 7.86. The van der Waals surface area contributed by atoms with Gasteiger partial charge in [0.05, 0.1) is 35.2 Å². The van der Waals surface area contributed by atoms with Gasteiger partial charge in [-0.05, 0) is 48.9 Å². The summed E-state index contributed by atoms with van der Waals surface area (Å²) in [5.74, 6) is 0.312. The van der Waals surface area contributed by atoms with Crippen LogP contribution in [0.2, 0.25) is 5.02 Å². The molecule has 0 fully saturated rings. The van der Waals surface area contributed by atoms with Crippen LogP contribution in [-0.4, -0.2) is 24.6 Å². The highest BCUT2D eigenvalue weighted by Crippen LogP contribution is 2.29. The number of nitrogens with zero attached hydrogens (tertiary/aromatic N) is 2. The predicted octanol–water partition coefficient (Wildman–Crippen LogP) is 5.06. The van der Waals surface area contributed by atoms with Crippen LogP contribution in [0.25, 0.3) is 0 Å². The molecule has 0 atom stereocenters. The number of ether oxygens (including phenoxy) is 2. The van der Waals surface area contributed by atoms with Crippen molar-refractivity contribution in [1.29, 1.82) is 5.26 Å². The molecule has 0 saturated carbocycles. The summed E-state index contributed by atoms with van der Waals surface area (Å²) in [7, 11) is 0. The van der Waals surface area contributed by atoms with Gasteiger partial charge in [-0.15, -0.1) is 0 Å². The number of para-hydroxylation sites is 1. The normalized spacial score (nSPS) is 10.5. The highest BCUT2D eigenvalue weighted by atomic mass is 35.5. The molecular formula is C27H25ClN4O4. The van der Waals surface area contributed by atoms with E-state index in [9.17, 15) is 14.9 Å². The molecule has 0 aliphatic heterocycles.